The second-order valence-corrected chi connectivity index (χ2v) is 14.1. The van der Waals surface area contributed by atoms with Crippen molar-refractivity contribution in [2.75, 3.05) is 0 Å². The fourth-order valence-electron chi connectivity index (χ4n) is 8.47. The molecule has 0 aliphatic heterocycles. The first-order valence-electron chi connectivity index (χ1n) is 18.7. The Labute approximate surface area is 318 Å². The van der Waals surface area contributed by atoms with Crippen molar-refractivity contribution in [3.05, 3.63) is 200 Å². The number of hydrogen-bond acceptors (Lipinski definition) is 2. The van der Waals surface area contributed by atoms with Gasteiger partial charge in [-0.3, -0.25) is 0 Å². The molecule has 0 spiro atoms. The zero-order valence-corrected chi connectivity index (χ0v) is 29.9. The lowest BCUT2D eigenvalue weighted by Gasteiger charge is -2.16. The van der Waals surface area contributed by atoms with Gasteiger partial charge in [0.2, 0.25) is 0 Å². The van der Waals surface area contributed by atoms with E-state index in [-0.39, 0.29) is 0 Å². The van der Waals surface area contributed by atoms with Crippen molar-refractivity contribution in [3.8, 4) is 50.7 Å². The maximum atomic E-state index is 5.46. The van der Waals surface area contributed by atoms with Gasteiger partial charge < -0.3 is 4.57 Å². The highest BCUT2D eigenvalue weighted by Crippen LogP contribution is 2.43. The summed E-state index contributed by atoms with van der Waals surface area (Å²) in [7, 11) is 0. The number of para-hydroxylation sites is 2. The zero-order valence-electron chi connectivity index (χ0n) is 29.9. The quantitative estimate of drug-likeness (QED) is 0.132. The summed E-state index contributed by atoms with van der Waals surface area (Å²) in [4.78, 5) is 10.9. The molecule has 9 aromatic carbocycles. The van der Waals surface area contributed by atoms with Crippen molar-refractivity contribution in [1.29, 1.82) is 0 Å². The van der Waals surface area contributed by atoms with E-state index in [4.69, 9.17) is 9.97 Å². The molecule has 3 nitrogen and oxygen atoms in total. The first-order chi connectivity index (χ1) is 27.3. The van der Waals surface area contributed by atoms with Crippen LogP contribution in [0.2, 0.25) is 0 Å². The molecule has 0 unspecified atom stereocenters. The Bertz CT molecular complexity index is 3230. The van der Waals surface area contributed by atoms with Crippen molar-refractivity contribution in [3.63, 3.8) is 0 Å². The molecule has 2 aromatic heterocycles. The normalized spacial score (nSPS) is 11.6. The number of benzene rings is 9. The van der Waals surface area contributed by atoms with Gasteiger partial charge in [0.25, 0.3) is 0 Å². The summed E-state index contributed by atoms with van der Waals surface area (Å²) in [6.45, 7) is 0. The molecule has 0 atom stereocenters. The van der Waals surface area contributed by atoms with Gasteiger partial charge in [-0.1, -0.05) is 164 Å². The van der Waals surface area contributed by atoms with Gasteiger partial charge in [0.15, 0.2) is 5.82 Å². The third-order valence-electron chi connectivity index (χ3n) is 11.0. The van der Waals surface area contributed by atoms with E-state index in [0.717, 1.165) is 50.4 Å². The average molecular weight is 700 g/mol. The maximum absolute atomic E-state index is 5.46. The van der Waals surface area contributed by atoms with Crippen LogP contribution in [0.3, 0.4) is 0 Å². The smallest absolute Gasteiger partial charge is 0.160 e. The van der Waals surface area contributed by atoms with E-state index in [0.29, 0.717) is 5.82 Å². The molecule has 0 radical (unpaired) electrons. The second-order valence-electron chi connectivity index (χ2n) is 14.1. The number of rotatable bonds is 5. The van der Waals surface area contributed by atoms with E-state index in [1.165, 1.54) is 48.7 Å². The number of aromatic nitrogens is 3. The van der Waals surface area contributed by atoms with Crippen LogP contribution >= 0.6 is 0 Å². The molecule has 0 fully saturated rings. The highest BCUT2D eigenvalue weighted by Gasteiger charge is 2.20. The Morgan fingerprint density at radius 1 is 0.345 bits per heavy atom. The molecule has 55 heavy (non-hydrogen) atoms. The van der Waals surface area contributed by atoms with Gasteiger partial charge in [0, 0.05) is 33.2 Å². The highest BCUT2D eigenvalue weighted by atomic mass is 15.0. The zero-order chi connectivity index (χ0) is 36.3. The van der Waals surface area contributed by atoms with Crippen molar-refractivity contribution in [2.45, 2.75) is 0 Å². The molecule has 11 aromatic rings. The van der Waals surface area contributed by atoms with Crippen LogP contribution in [-0.2, 0) is 0 Å². The number of hydrogen-bond donors (Lipinski definition) is 0. The molecular formula is C52H33N3. The topological polar surface area (TPSA) is 30.7 Å². The Kier molecular flexibility index (Phi) is 7.17. The molecule has 256 valence electrons. The van der Waals surface area contributed by atoms with Gasteiger partial charge in [0.1, 0.15) is 0 Å². The SMILES string of the molecule is c1ccc(-c2ccc(-c3nc(-c4c5ccccc5cc5c4ccc4ccccc45)cc(-c4cccc5c4c4ccccc4n5-c4ccccc4)n3)cc2)cc1. The number of fused-ring (bicyclic) bond motifs is 7. The molecular weight excluding hydrogens is 667 g/mol. The van der Waals surface area contributed by atoms with Crippen LogP contribution in [0.4, 0.5) is 0 Å². The van der Waals surface area contributed by atoms with Crippen LogP contribution < -0.4 is 0 Å². The molecule has 0 N–H and O–H groups in total. The molecule has 0 amide bonds. The van der Waals surface area contributed by atoms with Crippen LogP contribution in [-0.4, -0.2) is 14.5 Å². The van der Waals surface area contributed by atoms with Gasteiger partial charge >= 0.3 is 0 Å². The maximum Gasteiger partial charge on any atom is 0.160 e. The predicted octanol–water partition coefficient (Wildman–Crippen LogP) is 13.7. The molecule has 0 bridgehead atoms. The number of nitrogens with zero attached hydrogens (tertiary/aromatic N) is 3. The highest BCUT2D eigenvalue weighted by molar-refractivity contribution is 6.20. The van der Waals surface area contributed by atoms with Gasteiger partial charge in [-0.05, 0) is 79.8 Å². The van der Waals surface area contributed by atoms with Gasteiger partial charge in [0.05, 0.1) is 22.4 Å². The summed E-state index contributed by atoms with van der Waals surface area (Å²) in [5.41, 5.74) is 10.7. The molecule has 0 aliphatic carbocycles. The second kappa shape index (κ2) is 12.6. The average Bonchev–Trinajstić information content (AvgIpc) is 3.61. The van der Waals surface area contributed by atoms with Crippen LogP contribution in [0.1, 0.15) is 0 Å². The summed E-state index contributed by atoms with van der Waals surface area (Å²) in [5.74, 6) is 0.692. The Morgan fingerprint density at radius 3 is 1.78 bits per heavy atom. The molecule has 3 heteroatoms. The minimum atomic E-state index is 0.692. The molecule has 0 aliphatic rings. The summed E-state index contributed by atoms with van der Waals surface area (Å²) in [5, 5.41) is 9.55. The van der Waals surface area contributed by atoms with Crippen LogP contribution in [0, 0.1) is 0 Å². The summed E-state index contributed by atoms with van der Waals surface area (Å²) in [6.07, 6.45) is 0. The molecule has 0 saturated heterocycles. The monoisotopic (exact) mass is 699 g/mol. The van der Waals surface area contributed by atoms with Crippen LogP contribution in [0.5, 0.6) is 0 Å². The Hall–Kier alpha value is -7.36. The lowest BCUT2D eigenvalue weighted by molar-refractivity contribution is 1.18. The lowest BCUT2D eigenvalue weighted by Crippen LogP contribution is -1.98. The van der Waals surface area contributed by atoms with E-state index in [9.17, 15) is 0 Å². The molecule has 2 heterocycles. The lowest BCUT2D eigenvalue weighted by atomic mass is 9.91. The van der Waals surface area contributed by atoms with Crippen LogP contribution in [0.25, 0.3) is 105 Å². The van der Waals surface area contributed by atoms with E-state index in [1.54, 1.807) is 0 Å². The van der Waals surface area contributed by atoms with E-state index in [1.807, 2.05) is 0 Å². The van der Waals surface area contributed by atoms with Crippen molar-refractivity contribution < 1.29 is 0 Å². The van der Waals surface area contributed by atoms with Gasteiger partial charge in [-0.15, -0.1) is 0 Å². The third-order valence-corrected chi connectivity index (χ3v) is 11.0. The van der Waals surface area contributed by atoms with Gasteiger partial charge in [-0.25, -0.2) is 9.97 Å². The first-order valence-corrected chi connectivity index (χ1v) is 18.7. The minimum Gasteiger partial charge on any atom is -0.309 e. The Morgan fingerprint density at radius 2 is 0.964 bits per heavy atom. The first kappa shape index (κ1) is 31.2. The van der Waals surface area contributed by atoms with E-state index in [2.05, 4.69) is 205 Å². The fraction of sp³-hybridized carbons (Fsp3) is 0. The minimum absolute atomic E-state index is 0.692. The fourth-order valence-corrected chi connectivity index (χ4v) is 8.47. The van der Waals surface area contributed by atoms with Crippen molar-refractivity contribution in [1.82, 2.24) is 14.5 Å². The Balaban J connectivity index is 1.22. The van der Waals surface area contributed by atoms with Crippen molar-refractivity contribution >= 4 is 54.1 Å². The summed E-state index contributed by atoms with van der Waals surface area (Å²) in [6, 6.07) is 71.5. The third kappa shape index (κ3) is 5.13. The summed E-state index contributed by atoms with van der Waals surface area (Å²) < 4.78 is 2.36. The largest absolute Gasteiger partial charge is 0.309 e. The standard InChI is InChI=1S/C52H33N3/c1-3-14-34(15-4-1)35-26-28-37(29-27-35)52-53-46(43-23-13-25-49-51(43)44-22-11-12-24-48(44)55(49)39-18-5-2-6-19-39)33-47(54-52)50-41-21-10-8-17-38(41)32-45-40-20-9-7-16-36(40)30-31-42(45)50/h1-33H. The van der Waals surface area contributed by atoms with Gasteiger partial charge in [-0.2, -0.15) is 0 Å². The predicted molar refractivity (Wildman–Crippen MR) is 231 cm³/mol. The van der Waals surface area contributed by atoms with Crippen LogP contribution in [0.15, 0.2) is 200 Å². The summed E-state index contributed by atoms with van der Waals surface area (Å²) >= 11 is 0. The molecule has 11 rings (SSSR count). The van der Waals surface area contributed by atoms with Crippen molar-refractivity contribution in [2.24, 2.45) is 0 Å². The van der Waals surface area contributed by atoms with E-state index >= 15 is 0 Å². The van der Waals surface area contributed by atoms with E-state index < -0.39 is 0 Å². The molecule has 0 saturated carbocycles.